The molecule has 1 amide bonds. The Morgan fingerprint density at radius 2 is 1.57 bits per heavy atom. The molecule has 1 saturated heterocycles. The number of carbonyl (C=O) groups is 1. The summed E-state index contributed by atoms with van der Waals surface area (Å²) in [5, 5.41) is 1.01. The average molecular weight is 512 g/mol. The van der Waals surface area contributed by atoms with Crippen molar-refractivity contribution in [3.63, 3.8) is 0 Å². The summed E-state index contributed by atoms with van der Waals surface area (Å²) in [6.07, 6.45) is 4.46. The van der Waals surface area contributed by atoms with Crippen LogP contribution in [0, 0.1) is 0 Å². The first-order valence-corrected chi connectivity index (χ1v) is 13.5. The van der Waals surface area contributed by atoms with Gasteiger partial charge < -0.3 is 9.64 Å². The molecule has 0 radical (unpaired) electrons. The molecule has 0 spiro atoms. The van der Waals surface area contributed by atoms with Crippen molar-refractivity contribution in [2.45, 2.75) is 49.8 Å². The van der Waals surface area contributed by atoms with Crippen LogP contribution < -0.4 is 0 Å². The molecule has 0 bridgehead atoms. The minimum absolute atomic E-state index is 0.261. The molecule has 3 aromatic rings. The molecular formula is C27H30ClN3O3S. The third-order valence-corrected chi connectivity index (χ3v) is 7.25. The number of hydrogen-bond acceptors (Lipinski definition) is 5. The monoisotopic (exact) mass is 511 g/mol. The van der Waals surface area contributed by atoms with Crippen LogP contribution in [0.3, 0.4) is 0 Å². The predicted octanol–water partition coefficient (Wildman–Crippen LogP) is 5.85. The first-order chi connectivity index (χ1) is 16.6. The SMILES string of the molecule is CS(=O)c1nccc(-c2ccc(C3(c4ccc(Cl)cc4)CCN(C(=O)OC(C)(C)C)CC3)cc2)n1. The van der Waals surface area contributed by atoms with Crippen LogP contribution >= 0.6 is 11.6 Å². The highest BCUT2D eigenvalue weighted by atomic mass is 35.5. The minimum atomic E-state index is -1.24. The van der Waals surface area contributed by atoms with Gasteiger partial charge in [-0.25, -0.2) is 14.8 Å². The summed E-state index contributed by atoms with van der Waals surface area (Å²) in [7, 11) is -1.24. The molecule has 1 fully saturated rings. The Morgan fingerprint density at radius 1 is 1.00 bits per heavy atom. The van der Waals surface area contributed by atoms with E-state index in [1.54, 1.807) is 17.4 Å². The fraction of sp³-hybridized carbons (Fsp3) is 0.370. The van der Waals surface area contributed by atoms with Crippen molar-refractivity contribution in [2.75, 3.05) is 19.3 Å². The predicted molar refractivity (Wildman–Crippen MR) is 139 cm³/mol. The lowest BCUT2D eigenvalue weighted by Gasteiger charge is -2.43. The number of rotatable bonds is 4. The van der Waals surface area contributed by atoms with Gasteiger partial charge in [0.2, 0.25) is 5.16 Å². The summed E-state index contributed by atoms with van der Waals surface area (Å²) in [6.45, 7) is 6.83. The lowest BCUT2D eigenvalue weighted by atomic mass is 9.68. The smallest absolute Gasteiger partial charge is 0.410 e. The summed E-state index contributed by atoms with van der Waals surface area (Å²) < 4.78 is 17.4. The summed E-state index contributed by atoms with van der Waals surface area (Å²) in [4.78, 5) is 23.0. The summed E-state index contributed by atoms with van der Waals surface area (Å²) in [6, 6.07) is 18.1. The molecule has 1 atom stereocenters. The molecule has 0 aliphatic carbocycles. The fourth-order valence-electron chi connectivity index (χ4n) is 4.51. The molecule has 4 rings (SSSR count). The van der Waals surface area contributed by atoms with E-state index < -0.39 is 16.4 Å². The molecule has 2 aromatic carbocycles. The molecule has 1 aliphatic heterocycles. The van der Waals surface area contributed by atoms with Crippen LogP contribution in [-0.2, 0) is 21.0 Å². The Kier molecular flexibility index (Phi) is 7.29. The summed E-state index contributed by atoms with van der Waals surface area (Å²) in [5.41, 5.74) is 3.22. The highest BCUT2D eigenvalue weighted by Crippen LogP contribution is 2.42. The topological polar surface area (TPSA) is 72.4 Å². The third kappa shape index (κ3) is 5.73. The molecule has 1 aliphatic rings. The Balaban J connectivity index is 1.64. The maximum absolute atomic E-state index is 12.7. The van der Waals surface area contributed by atoms with Crippen LogP contribution in [0.15, 0.2) is 66.0 Å². The van der Waals surface area contributed by atoms with E-state index in [-0.39, 0.29) is 11.5 Å². The first kappa shape index (κ1) is 25.3. The molecule has 8 heteroatoms. The van der Waals surface area contributed by atoms with E-state index in [0.29, 0.717) is 23.3 Å². The van der Waals surface area contributed by atoms with Crippen molar-refractivity contribution in [2.24, 2.45) is 0 Å². The molecule has 184 valence electrons. The van der Waals surface area contributed by atoms with E-state index in [2.05, 4.69) is 34.2 Å². The van der Waals surface area contributed by atoms with Gasteiger partial charge in [-0.3, -0.25) is 4.21 Å². The van der Waals surface area contributed by atoms with Crippen LogP contribution in [0.1, 0.15) is 44.7 Å². The zero-order valence-electron chi connectivity index (χ0n) is 20.5. The minimum Gasteiger partial charge on any atom is -0.444 e. The zero-order valence-corrected chi connectivity index (χ0v) is 22.0. The van der Waals surface area contributed by atoms with Crippen molar-refractivity contribution < 1.29 is 13.7 Å². The van der Waals surface area contributed by atoms with Crippen molar-refractivity contribution in [3.8, 4) is 11.3 Å². The molecule has 0 N–H and O–H groups in total. The number of carbonyl (C=O) groups excluding carboxylic acids is 1. The average Bonchev–Trinajstić information content (AvgIpc) is 2.83. The Labute approximate surface area is 214 Å². The normalized spacial score (nSPS) is 16.5. The van der Waals surface area contributed by atoms with Gasteiger partial charge in [-0.2, -0.15) is 0 Å². The Morgan fingerprint density at radius 3 is 2.11 bits per heavy atom. The van der Waals surface area contributed by atoms with E-state index in [9.17, 15) is 9.00 Å². The number of likely N-dealkylation sites (tertiary alicyclic amines) is 1. The van der Waals surface area contributed by atoms with Gasteiger partial charge in [0.15, 0.2) is 0 Å². The van der Waals surface area contributed by atoms with Crippen LogP contribution in [0.25, 0.3) is 11.3 Å². The van der Waals surface area contributed by atoms with Gasteiger partial charge in [-0.1, -0.05) is 48.0 Å². The lowest BCUT2D eigenvalue weighted by Crippen LogP contribution is -2.47. The van der Waals surface area contributed by atoms with Gasteiger partial charge >= 0.3 is 6.09 Å². The van der Waals surface area contributed by atoms with Gasteiger partial charge in [-0.15, -0.1) is 0 Å². The fourth-order valence-corrected chi connectivity index (χ4v) is 5.07. The zero-order chi connectivity index (χ0) is 25.2. The molecule has 0 saturated carbocycles. The number of halogens is 1. The van der Waals surface area contributed by atoms with Crippen LogP contribution in [-0.4, -0.2) is 50.1 Å². The Bertz CT molecular complexity index is 1220. The molecule has 35 heavy (non-hydrogen) atoms. The van der Waals surface area contributed by atoms with Gasteiger partial charge in [0.05, 0.1) is 16.5 Å². The summed E-state index contributed by atoms with van der Waals surface area (Å²) >= 11 is 6.19. The molecule has 6 nitrogen and oxygen atoms in total. The van der Waals surface area contributed by atoms with Crippen molar-refractivity contribution >= 4 is 28.5 Å². The maximum atomic E-state index is 12.7. The summed E-state index contributed by atoms with van der Waals surface area (Å²) in [5.74, 6) is 0. The quantitative estimate of drug-likeness (QED) is 0.411. The van der Waals surface area contributed by atoms with E-state index in [4.69, 9.17) is 16.3 Å². The van der Waals surface area contributed by atoms with Gasteiger partial charge in [0.25, 0.3) is 0 Å². The number of piperidine rings is 1. The maximum Gasteiger partial charge on any atom is 0.410 e. The number of ether oxygens (including phenoxy) is 1. The molecule has 2 heterocycles. The standard InChI is InChI=1S/C27H30ClN3O3S/c1-26(2,3)34-25(32)31-17-14-27(15-18-31,21-9-11-22(28)12-10-21)20-7-5-19(6-8-20)23-13-16-29-24(30-23)35(4)33/h5-13,16H,14-15,17-18H2,1-4H3. The second-order valence-corrected chi connectivity index (χ2v) is 11.5. The van der Waals surface area contributed by atoms with Gasteiger partial charge in [0, 0.05) is 41.5 Å². The van der Waals surface area contributed by atoms with Crippen LogP contribution in [0.5, 0.6) is 0 Å². The largest absolute Gasteiger partial charge is 0.444 e. The van der Waals surface area contributed by atoms with Crippen LogP contribution in [0.2, 0.25) is 5.02 Å². The highest BCUT2D eigenvalue weighted by Gasteiger charge is 2.40. The molecular weight excluding hydrogens is 482 g/mol. The van der Waals surface area contributed by atoms with Crippen LogP contribution in [0.4, 0.5) is 4.79 Å². The first-order valence-electron chi connectivity index (χ1n) is 11.6. The van der Waals surface area contributed by atoms with E-state index in [0.717, 1.165) is 24.1 Å². The number of nitrogens with zero attached hydrogens (tertiary/aromatic N) is 3. The van der Waals surface area contributed by atoms with Crippen molar-refractivity contribution in [1.82, 2.24) is 14.9 Å². The third-order valence-electron chi connectivity index (χ3n) is 6.29. The second kappa shape index (κ2) is 10.1. The number of aromatic nitrogens is 2. The van der Waals surface area contributed by atoms with E-state index in [1.807, 2.05) is 51.1 Å². The number of amides is 1. The van der Waals surface area contributed by atoms with Gasteiger partial charge in [-0.05, 0) is 62.9 Å². The Hall–Kier alpha value is -2.77. The molecule has 1 unspecified atom stereocenters. The van der Waals surface area contributed by atoms with E-state index >= 15 is 0 Å². The van der Waals surface area contributed by atoms with Gasteiger partial charge in [0.1, 0.15) is 5.60 Å². The van der Waals surface area contributed by atoms with E-state index in [1.165, 1.54) is 11.1 Å². The molecule has 1 aromatic heterocycles. The second-order valence-electron chi connectivity index (χ2n) is 9.81. The number of benzene rings is 2. The van der Waals surface area contributed by atoms with Crippen molar-refractivity contribution in [1.29, 1.82) is 0 Å². The number of hydrogen-bond donors (Lipinski definition) is 0. The highest BCUT2D eigenvalue weighted by molar-refractivity contribution is 7.84. The lowest BCUT2D eigenvalue weighted by molar-refractivity contribution is 0.0180. The van der Waals surface area contributed by atoms with Crippen molar-refractivity contribution in [3.05, 3.63) is 76.9 Å².